The van der Waals surface area contributed by atoms with E-state index < -0.39 is 0 Å². The molecule has 0 saturated carbocycles. The fourth-order valence-electron chi connectivity index (χ4n) is 1.73. The number of benzene rings is 1. The van der Waals surface area contributed by atoms with E-state index in [-0.39, 0.29) is 10.8 Å². The third-order valence-corrected chi connectivity index (χ3v) is 3.57. The topological polar surface area (TPSA) is 55.1 Å². The van der Waals surface area contributed by atoms with Crippen LogP contribution in [0.25, 0.3) is 10.2 Å². The lowest BCUT2D eigenvalue weighted by atomic mass is 10.3. The zero-order valence-corrected chi connectivity index (χ0v) is 10.4. The number of fused-ring (bicyclic) bond motifs is 1. The van der Waals surface area contributed by atoms with Gasteiger partial charge in [0.25, 0.3) is 0 Å². The monoisotopic (exact) mass is 250 g/mol. The summed E-state index contributed by atoms with van der Waals surface area (Å²) in [7, 11) is 1.49. The minimum absolute atomic E-state index is 0.0650. The number of methoxy groups -OCH3 is 1. The summed E-state index contributed by atoms with van der Waals surface area (Å²) < 4.78 is 7.57. The van der Waals surface area contributed by atoms with Crippen molar-refractivity contribution in [1.29, 1.82) is 5.41 Å². The van der Waals surface area contributed by atoms with Crippen molar-refractivity contribution in [3.63, 3.8) is 0 Å². The molecular formula is C12H14N2O2S. The molecular weight excluding hydrogens is 236 g/mol. The maximum absolute atomic E-state index is 11.8. The highest BCUT2D eigenvalue weighted by atomic mass is 32.1. The van der Waals surface area contributed by atoms with Crippen LogP contribution in [0.4, 0.5) is 0 Å². The number of aryl methyl sites for hydroxylation is 1. The lowest BCUT2D eigenvalue weighted by Crippen LogP contribution is -2.13. The fourth-order valence-corrected chi connectivity index (χ4v) is 2.64. The summed E-state index contributed by atoms with van der Waals surface area (Å²) in [6, 6.07) is 7.77. The lowest BCUT2D eigenvalue weighted by molar-refractivity contribution is 0.382. The summed E-state index contributed by atoms with van der Waals surface area (Å²) >= 11 is 1.27. The van der Waals surface area contributed by atoms with Crippen LogP contribution in [-0.4, -0.2) is 17.6 Å². The molecule has 0 aliphatic heterocycles. The maximum Gasteiger partial charge on any atom is 0.308 e. The predicted octanol–water partition coefficient (Wildman–Crippen LogP) is 2.47. The minimum atomic E-state index is 0.0650. The van der Waals surface area contributed by atoms with Gasteiger partial charge in [-0.3, -0.25) is 14.8 Å². The molecule has 0 amide bonds. The second-order valence-electron chi connectivity index (χ2n) is 3.72. The molecule has 2 aromatic rings. The second-order valence-corrected chi connectivity index (χ2v) is 4.71. The molecule has 0 atom stereocenters. The minimum Gasteiger partial charge on any atom is -0.484 e. The highest BCUT2D eigenvalue weighted by Crippen LogP contribution is 2.16. The van der Waals surface area contributed by atoms with Gasteiger partial charge in [-0.1, -0.05) is 23.5 Å². The van der Waals surface area contributed by atoms with Crippen molar-refractivity contribution in [3.8, 4) is 0 Å². The molecule has 17 heavy (non-hydrogen) atoms. The van der Waals surface area contributed by atoms with Gasteiger partial charge in [-0.25, -0.2) is 0 Å². The maximum atomic E-state index is 11.8. The molecule has 1 heterocycles. The normalized spacial score (nSPS) is 10.6. The summed E-state index contributed by atoms with van der Waals surface area (Å²) in [6.07, 6.45) is 1.31. The van der Waals surface area contributed by atoms with E-state index in [0.29, 0.717) is 13.0 Å². The Bertz CT molecular complexity index is 585. The molecule has 0 unspecified atom stereocenters. The van der Waals surface area contributed by atoms with Crippen molar-refractivity contribution in [2.45, 2.75) is 19.4 Å². The fraction of sp³-hybridized carbons (Fsp3) is 0.333. The summed E-state index contributed by atoms with van der Waals surface area (Å²) in [5, 5.41) is 7.38. The van der Waals surface area contributed by atoms with Crippen LogP contribution in [0.1, 0.15) is 12.8 Å². The molecule has 1 N–H and O–H groups in total. The first kappa shape index (κ1) is 11.9. The van der Waals surface area contributed by atoms with Gasteiger partial charge in [0.2, 0.25) is 0 Å². The van der Waals surface area contributed by atoms with Crippen molar-refractivity contribution >= 4 is 27.5 Å². The Labute approximate surface area is 103 Å². The van der Waals surface area contributed by atoms with Crippen LogP contribution in [-0.2, 0) is 11.3 Å². The Balaban J connectivity index is 2.15. The van der Waals surface area contributed by atoms with Crippen LogP contribution >= 0.6 is 11.3 Å². The van der Waals surface area contributed by atoms with Crippen LogP contribution in [0.3, 0.4) is 0 Å². The highest BCUT2D eigenvalue weighted by Gasteiger charge is 2.06. The summed E-state index contributed by atoms with van der Waals surface area (Å²) in [6.45, 7) is 0.634. The number of aromatic nitrogens is 1. The first-order valence-electron chi connectivity index (χ1n) is 5.42. The van der Waals surface area contributed by atoms with Crippen molar-refractivity contribution in [2.24, 2.45) is 0 Å². The van der Waals surface area contributed by atoms with E-state index in [9.17, 15) is 4.79 Å². The van der Waals surface area contributed by atoms with Crippen LogP contribution in [0.15, 0.2) is 29.1 Å². The number of nitrogens with zero attached hydrogens (tertiary/aromatic N) is 1. The van der Waals surface area contributed by atoms with Gasteiger partial charge in [0, 0.05) is 13.0 Å². The standard InChI is InChI=1S/C12H14N2O2S/c1-16-11(13)7-4-8-14-9-5-2-3-6-10(9)17-12(14)15/h2-3,5-6,13H,4,7-8H2,1H3. The molecule has 0 aliphatic rings. The van der Waals surface area contributed by atoms with E-state index in [2.05, 4.69) is 0 Å². The number of rotatable bonds is 4. The molecule has 0 radical (unpaired) electrons. The number of hydrogen-bond donors (Lipinski definition) is 1. The van der Waals surface area contributed by atoms with Gasteiger partial charge in [0.05, 0.1) is 17.3 Å². The first-order valence-corrected chi connectivity index (χ1v) is 6.24. The summed E-state index contributed by atoms with van der Waals surface area (Å²) in [5.41, 5.74) is 0.978. The van der Waals surface area contributed by atoms with Gasteiger partial charge in [0.15, 0.2) is 5.90 Å². The molecule has 2 rings (SSSR count). The quantitative estimate of drug-likeness (QED) is 0.669. The zero-order chi connectivity index (χ0) is 12.3. The largest absolute Gasteiger partial charge is 0.484 e. The number of ether oxygens (including phenoxy) is 1. The second kappa shape index (κ2) is 5.14. The summed E-state index contributed by atoms with van der Waals surface area (Å²) in [4.78, 5) is 11.8. The van der Waals surface area contributed by atoms with Gasteiger partial charge < -0.3 is 4.74 Å². The molecule has 0 spiro atoms. The van der Waals surface area contributed by atoms with Gasteiger partial charge in [-0.2, -0.15) is 0 Å². The zero-order valence-electron chi connectivity index (χ0n) is 9.60. The average molecular weight is 250 g/mol. The third-order valence-electron chi connectivity index (χ3n) is 2.61. The number of thiazole rings is 1. The highest BCUT2D eigenvalue weighted by molar-refractivity contribution is 7.16. The number of para-hydroxylation sites is 1. The van der Waals surface area contributed by atoms with Gasteiger partial charge in [-0.05, 0) is 18.6 Å². The Hall–Kier alpha value is -1.62. The van der Waals surface area contributed by atoms with Crippen LogP contribution in [0.2, 0.25) is 0 Å². The van der Waals surface area contributed by atoms with Gasteiger partial charge in [-0.15, -0.1) is 0 Å². The van der Waals surface area contributed by atoms with E-state index in [0.717, 1.165) is 16.6 Å². The molecule has 90 valence electrons. The van der Waals surface area contributed by atoms with Crippen molar-refractivity contribution in [3.05, 3.63) is 33.9 Å². The Morgan fingerprint density at radius 3 is 3.00 bits per heavy atom. The van der Waals surface area contributed by atoms with E-state index in [1.165, 1.54) is 18.4 Å². The Morgan fingerprint density at radius 2 is 2.24 bits per heavy atom. The van der Waals surface area contributed by atoms with Crippen LogP contribution in [0.5, 0.6) is 0 Å². The lowest BCUT2D eigenvalue weighted by Gasteiger charge is -2.04. The molecule has 4 nitrogen and oxygen atoms in total. The van der Waals surface area contributed by atoms with Crippen molar-refractivity contribution < 1.29 is 4.74 Å². The Kier molecular flexibility index (Phi) is 3.58. The van der Waals surface area contributed by atoms with Gasteiger partial charge in [0.1, 0.15) is 0 Å². The van der Waals surface area contributed by atoms with E-state index >= 15 is 0 Å². The molecule has 0 fully saturated rings. The average Bonchev–Trinajstić information content (AvgIpc) is 2.66. The van der Waals surface area contributed by atoms with Crippen LogP contribution < -0.4 is 4.87 Å². The third kappa shape index (κ3) is 2.55. The molecule has 0 bridgehead atoms. The summed E-state index contributed by atoms with van der Waals surface area (Å²) in [5.74, 6) is 0.262. The SMILES string of the molecule is COC(=N)CCCn1c(=O)sc2ccccc21. The van der Waals surface area contributed by atoms with Crippen molar-refractivity contribution in [1.82, 2.24) is 4.57 Å². The van der Waals surface area contributed by atoms with E-state index in [1.54, 1.807) is 4.57 Å². The van der Waals surface area contributed by atoms with E-state index in [1.807, 2.05) is 24.3 Å². The smallest absolute Gasteiger partial charge is 0.308 e. The van der Waals surface area contributed by atoms with Gasteiger partial charge >= 0.3 is 4.87 Å². The first-order chi connectivity index (χ1) is 8.22. The van der Waals surface area contributed by atoms with E-state index in [4.69, 9.17) is 10.1 Å². The molecule has 1 aromatic heterocycles. The predicted molar refractivity (Wildman–Crippen MR) is 70.1 cm³/mol. The molecule has 1 aromatic carbocycles. The van der Waals surface area contributed by atoms with Crippen molar-refractivity contribution in [2.75, 3.05) is 7.11 Å². The Morgan fingerprint density at radius 1 is 1.47 bits per heavy atom. The number of nitrogens with one attached hydrogen (secondary N) is 1. The number of hydrogen-bond acceptors (Lipinski definition) is 4. The molecule has 5 heteroatoms. The van der Waals surface area contributed by atoms with Crippen LogP contribution in [0, 0.1) is 5.41 Å². The molecule has 0 aliphatic carbocycles. The molecule has 0 saturated heterocycles.